The average molecular weight is 442 g/mol. The fourth-order valence-corrected chi connectivity index (χ4v) is 4.30. The van der Waals surface area contributed by atoms with Crippen LogP contribution in [0.1, 0.15) is 36.2 Å². The van der Waals surface area contributed by atoms with Gasteiger partial charge in [-0.1, -0.05) is 44.2 Å². The highest BCUT2D eigenvalue weighted by Gasteiger charge is 2.16. The summed E-state index contributed by atoms with van der Waals surface area (Å²) in [4.78, 5) is 4.98. The molecule has 0 saturated heterocycles. The molecule has 0 aliphatic rings. The largest absolute Gasteiger partial charge is 0.497 e. The molecule has 33 heavy (non-hydrogen) atoms. The van der Waals surface area contributed by atoms with Crippen LogP contribution in [0.25, 0.3) is 22.0 Å². The third kappa shape index (κ3) is 4.65. The van der Waals surface area contributed by atoms with Crippen molar-refractivity contribution in [3.8, 4) is 28.5 Å². The van der Waals surface area contributed by atoms with Crippen molar-refractivity contribution in [2.24, 2.45) is 0 Å². The first-order chi connectivity index (χ1) is 16.1. The molecule has 3 aromatic carbocycles. The SMILES string of the molecule is CCc1cccc(CC)c1-c1cc(OC)c(COc2ccc3ccc(OC)cc3c2)c(C)n1. The standard InChI is InChI=1S/C29H31NO3/c1-6-20-9-8-10-21(7-2)29(20)27-17-28(32-5)26(19(3)30-27)18-33-25-14-12-22-11-13-24(31-4)15-23(22)16-25/h8-17H,6-7,18H2,1-5H3. The number of hydrogen-bond donors (Lipinski definition) is 0. The quantitative estimate of drug-likeness (QED) is 0.297. The second-order valence-corrected chi connectivity index (χ2v) is 8.10. The predicted molar refractivity (Wildman–Crippen MR) is 135 cm³/mol. The Kier molecular flexibility index (Phi) is 6.83. The molecule has 0 aliphatic carbocycles. The van der Waals surface area contributed by atoms with Crippen molar-refractivity contribution >= 4 is 10.8 Å². The zero-order valence-corrected chi connectivity index (χ0v) is 20.1. The van der Waals surface area contributed by atoms with Crippen LogP contribution in [-0.4, -0.2) is 19.2 Å². The van der Waals surface area contributed by atoms with E-state index in [1.165, 1.54) is 16.7 Å². The van der Waals surface area contributed by atoms with Gasteiger partial charge in [0, 0.05) is 17.3 Å². The van der Waals surface area contributed by atoms with Gasteiger partial charge in [0.05, 0.1) is 25.5 Å². The molecule has 170 valence electrons. The van der Waals surface area contributed by atoms with E-state index in [1.807, 2.05) is 43.3 Å². The highest BCUT2D eigenvalue weighted by molar-refractivity contribution is 5.85. The summed E-state index contributed by atoms with van der Waals surface area (Å²) < 4.78 is 17.3. The first-order valence-electron chi connectivity index (χ1n) is 11.4. The Morgan fingerprint density at radius 1 is 0.758 bits per heavy atom. The lowest BCUT2D eigenvalue weighted by Gasteiger charge is -2.17. The van der Waals surface area contributed by atoms with Crippen LogP contribution in [0.4, 0.5) is 0 Å². The zero-order valence-electron chi connectivity index (χ0n) is 20.1. The van der Waals surface area contributed by atoms with Crippen LogP contribution < -0.4 is 14.2 Å². The van der Waals surface area contributed by atoms with Crippen molar-refractivity contribution in [2.75, 3.05) is 14.2 Å². The molecule has 0 atom stereocenters. The number of hydrogen-bond acceptors (Lipinski definition) is 4. The van der Waals surface area contributed by atoms with E-state index in [0.717, 1.165) is 57.8 Å². The monoisotopic (exact) mass is 441 g/mol. The molecule has 0 saturated carbocycles. The number of rotatable bonds is 8. The van der Waals surface area contributed by atoms with Gasteiger partial charge in [0.25, 0.3) is 0 Å². The smallest absolute Gasteiger partial charge is 0.129 e. The van der Waals surface area contributed by atoms with Crippen molar-refractivity contribution in [1.29, 1.82) is 0 Å². The first kappa shape index (κ1) is 22.7. The van der Waals surface area contributed by atoms with Gasteiger partial charge in [0.15, 0.2) is 0 Å². The molecule has 1 aromatic heterocycles. The van der Waals surface area contributed by atoms with Crippen LogP contribution in [0, 0.1) is 6.92 Å². The summed E-state index contributed by atoms with van der Waals surface area (Å²) in [6, 6.07) is 20.7. The third-order valence-corrected chi connectivity index (χ3v) is 6.17. The highest BCUT2D eigenvalue weighted by Crippen LogP contribution is 2.33. The number of methoxy groups -OCH3 is 2. The Labute approximate surface area is 196 Å². The van der Waals surface area contributed by atoms with Crippen LogP contribution >= 0.6 is 0 Å². The third-order valence-electron chi connectivity index (χ3n) is 6.17. The lowest BCUT2D eigenvalue weighted by molar-refractivity contribution is 0.295. The number of aryl methyl sites for hydroxylation is 3. The highest BCUT2D eigenvalue weighted by atomic mass is 16.5. The lowest BCUT2D eigenvalue weighted by atomic mass is 9.94. The Morgan fingerprint density at radius 3 is 2.06 bits per heavy atom. The number of pyridine rings is 1. The fraction of sp³-hybridized carbons (Fsp3) is 0.276. The van der Waals surface area contributed by atoms with Crippen LogP contribution in [-0.2, 0) is 19.4 Å². The molecular weight excluding hydrogens is 410 g/mol. The summed E-state index contributed by atoms with van der Waals surface area (Å²) in [5, 5.41) is 2.22. The van der Waals surface area contributed by atoms with Crippen molar-refractivity contribution < 1.29 is 14.2 Å². The average Bonchev–Trinajstić information content (AvgIpc) is 2.86. The van der Waals surface area contributed by atoms with E-state index in [1.54, 1.807) is 14.2 Å². The van der Waals surface area contributed by atoms with E-state index < -0.39 is 0 Å². The van der Waals surface area contributed by atoms with Crippen LogP contribution in [0.2, 0.25) is 0 Å². The topological polar surface area (TPSA) is 40.6 Å². The van der Waals surface area contributed by atoms with Gasteiger partial charge in [0.1, 0.15) is 23.9 Å². The summed E-state index contributed by atoms with van der Waals surface area (Å²) in [6.07, 6.45) is 1.92. The number of benzene rings is 3. The van der Waals surface area contributed by atoms with Crippen LogP contribution in [0.5, 0.6) is 17.2 Å². The minimum absolute atomic E-state index is 0.383. The lowest BCUT2D eigenvalue weighted by Crippen LogP contribution is -2.05. The molecule has 0 bridgehead atoms. The van der Waals surface area contributed by atoms with Crippen molar-refractivity contribution in [3.63, 3.8) is 0 Å². The van der Waals surface area contributed by atoms with Gasteiger partial charge >= 0.3 is 0 Å². The van der Waals surface area contributed by atoms with E-state index in [9.17, 15) is 0 Å². The number of aromatic nitrogens is 1. The zero-order chi connectivity index (χ0) is 23.4. The van der Waals surface area contributed by atoms with E-state index in [0.29, 0.717) is 6.61 Å². The van der Waals surface area contributed by atoms with E-state index in [4.69, 9.17) is 19.2 Å². The van der Waals surface area contributed by atoms with Gasteiger partial charge in [-0.3, -0.25) is 4.98 Å². The molecule has 0 spiro atoms. The maximum Gasteiger partial charge on any atom is 0.129 e. The van der Waals surface area contributed by atoms with Gasteiger partial charge in [-0.2, -0.15) is 0 Å². The number of fused-ring (bicyclic) bond motifs is 1. The number of ether oxygens (including phenoxy) is 3. The molecule has 0 aliphatic heterocycles. The Bertz CT molecular complexity index is 1260. The van der Waals surface area contributed by atoms with E-state index in [-0.39, 0.29) is 0 Å². The Hall–Kier alpha value is -3.53. The summed E-state index contributed by atoms with van der Waals surface area (Å²) in [5.41, 5.74) is 6.66. The first-order valence-corrected chi connectivity index (χ1v) is 11.4. The number of nitrogens with zero attached hydrogens (tertiary/aromatic N) is 1. The van der Waals surface area contributed by atoms with Crippen molar-refractivity contribution in [3.05, 3.63) is 83.0 Å². The predicted octanol–water partition coefficient (Wildman–Crippen LogP) is 6.93. The van der Waals surface area contributed by atoms with Gasteiger partial charge in [0.2, 0.25) is 0 Å². The second kappa shape index (κ2) is 9.95. The molecule has 4 heteroatoms. The van der Waals surface area contributed by atoms with Crippen molar-refractivity contribution in [1.82, 2.24) is 4.98 Å². The van der Waals surface area contributed by atoms with Gasteiger partial charge in [-0.25, -0.2) is 0 Å². The summed E-state index contributed by atoms with van der Waals surface area (Å²) >= 11 is 0. The molecule has 4 nitrogen and oxygen atoms in total. The summed E-state index contributed by atoms with van der Waals surface area (Å²) in [7, 11) is 3.38. The summed E-state index contributed by atoms with van der Waals surface area (Å²) in [6.45, 7) is 6.78. The normalized spacial score (nSPS) is 10.9. The molecule has 0 amide bonds. The van der Waals surface area contributed by atoms with Gasteiger partial charge < -0.3 is 14.2 Å². The fourth-order valence-electron chi connectivity index (χ4n) is 4.30. The molecule has 0 fully saturated rings. The molecular formula is C29H31NO3. The Balaban J connectivity index is 1.66. The Morgan fingerprint density at radius 2 is 1.42 bits per heavy atom. The van der Waals surface area contributed by atoms with Gasteiger partial charge in [-0.15, -0.1) is 0 Å². The molecule has 1 heterocycles. The molecule has 4 aromatic rings. The van der Waals surface area contributed by atoms with Crippen LogP contribution in [0.3, 0.4) is 0 Å². The van der Waals surface area contributed by atoms with Crippen molar-refractivity contribution in [2.45, 2.75) is 40.2 Å². The summed E-state index contributed by atoms with van der Waals surface area (Å²) in [5.74, 6) is 2.43. The maximum atomic E-state index is 6.17. The minimum Gasteiger partial charge on any atom is -0.497 e. The van der Waals surface area contributed by atoms with E-state index >= 15 is 0 Å². The van der Waals surface area contributed by atoms with Crippen LogP contribution in [0.15, 0.2) is 60.7 Å². The van der Waals surface area contributed by atoms with E-state index in [2.05, 4.69) is 38.1 Å². The maximum absolute atomic E-state index is 6.17. The van der Waals surface area contributed by atoms with Gasteiger partial charge in [-0.05, 0) is 65.9 Å². The minimum atomic E-state index is 0.383. The molecule has 4 rings (SSSR count). The molecule has 0 unspecified atom stereocenters. The second-order valence-electron chi connectivity index (χ2n) is 8.10. The molecule has 0 N–H and O–H groups in total. The molecule has 0 radical (unpaired) electrons.